The lowest BCUT2D eigenvalue weighted by Crippen LogP contribution is -2.58. The molecule has 0 unspecified atom stereocenters. The Bertz CT molecular complexity index is 796. The van der Waals surface area contributed by atoms with E-state index in [0.717, 1.165) is 10.0 Å². The minimum Gasteiger partial charge on any atom is -0.480 e. The second-order valence-corrected chi connectivity index (χ2v) is 8.29. The van der Waals surface area contributed by atoms with Crippen molar-refractivity contribution in [1.29, 1.82) is 0 Å². The van der Waals surface area contributed by atoms with Gasteiger partial charge in [-0.3, -0.25) is 4.18 Å². The summed E-state index contributed by atoms with van der Waals surface area (Å²) >= 11 is 3.36. The zero-order valence-corrected chi connectivity index (χ0v) is 15.5. The van der Waals surface area contributed by atoms with E-state index in [1.807, 2.05) is 19.1 Å². The molecule has 1 saturated heterocycles. The summed E-state index contributed by atoms with van der Waals surface area (Å²) in [7, 11) is -3.83. The number of hydrogen-bond donors (Lipinski definition) is 0. The maximum Gasteiger partial charge on any atom is 0.297 e. The highest BCUT2D eigenvalue weighted by molar-refractivity contribution is 9.10. The number of benzene rings is 2. The van der Waals surface area contributed by atoms with Crippen molar-refractivity contribution in [2.45, 2.75) is 17.4 Å². The molecule has 0 atom stereocenters. The summed E-state index contributed by atoms with van der Waals surface area (Å²) in [6.45, 7) is 2.36. The van der Waals surface area contributed by atoms with Crippen molar-refractivity contribution < 1.29 is 22.1 Å². The Hall–Kier alpha value is -1.41. The van der Waals surface area contributed by atoms with E-state index in [4.69, 9.17) is 13.7 Å². The molecule has 1 fully saturated rings. The van der Waals surface area contributed by atoms with Crippen molar-refractivity contribution in [2.75, 3.05) is 19.8 Å². The molecule has 0 amide bonds. The summed E-state index contributed by atoms with van der Waals surface area (Å²) in [5.74, 6) is 0.637. The third-order valence-electron chi connectivity index (χ3n) is 3.67. The van der Waals surface area contributed by atoms with E-state index in [0.29, 0.717) is 5.75 Å². The molecule has 3 rings (SSSR count). The average molecular weight is 413 g/mol. The second kappa shape index (κ2) is 6.84. The van der Waals surface area contributed by atoms with Crippen molar-refractivity contribution in [3.8, 4) is 5.75 Å². The topological polar surface area (TPSA) is 61.8 Å². The number of hydrogen-bond acceptors (Lipinski definition) is 5. The van der Waals surface area contributed by atoms with E-state index in [2.05, 4.69) is 15.9 Å². The van der Waals surface area contributed by atoms with Crippen LogP contribution in [-0.2, 0) is 19.0 Å². The molecule has 0 aromatic heterocycles. The lowest BCUT2D eigenvalue weighted by molar-refractivity contribution is -0.175. The SMILES string of the molecule is Cc1ccc(S(=O)(=O)OCC2(Oc3ccc(Br)cc3)COC2)cc1. The van der Waals surface area contributed by atoms with Crippen LogP contribution in [0.25, 0.3) is 0 Å². The molecule has 5 nitrogen and oxygen atoms in total. The Labute approximate surface area is 149 Å². The minimum absolute atomic E-state index is 0.0979. The van der Waals surface area contributed by atoms with Gasteiger partial charge in [0, 0.05) is 4.47 Å². The van der Waals surface area contributed by atoms with Crippen LogP contribution in [0.15, 0.2) is 57.9 Å². The molecule has 0 spiro atoms. The van der Waals surface area contributed by atoms with Crippen LogP contribution in [0, 0.1) is 6.92 Å². The molecule has 1 aliphatic heterocycles. The average Bonchev–Trinajstić information content (AvgIpc) is 2.52. The molecule has 1 aliphatic rings. The fraction of sp³-hybridized carbons (Fsp3) is 0.294. The lowest BCUT2D eigenvalue weighted by Gasteiger charge is -2.40. The summed E-state index contributed by atoms with van der Waals surface area (Å²) in [4.78, 5) is 0.132. The van der Waals surface area contributed by atoms with Crippen molar-refractivity contribution in [2.24, 2.45) is 0 Å². The molecule has 0 radical (unpaired) electrons. The Kier molecular flexibility index (Phi) is 4.96. The van der Waals surface area contributed by atoms with Gasteiger partial charge < -0.3 is 9.47 Å². The van der Waals surface area contributed by atoms with E-state index in [9.17, 15) is 8.42 Å². The summed E-state index contributed by atoms with van der Waals surface area (Å²) in [5, 5.41) is 0. The van der Waals surface area contributed by atoms with Crippen LogP contribution in [0.1, 0.15) is 5.56 Å². The number of ether oxygens (including phenoxy) is 2. The van der Waals surface area contributed by atoms with E-state index in [-0.39, 0.29) is 24.7 Å². The fourth-order valence-electron chi connectivity index (χ4n) is 2.21. The zero-order valence-electron chi connectivity index (χ0n) is 13.1. The Morgan fingerprint density at radius 3 is 2.25 bits per heavy atom. The maximum atomic E-state index is 12.3. The smallest absolute Gasteiger partial charge is 0.297 e. The van der Waals surface area contributed by atoms with Gasteiger partial charge in [-0.1, -0.05) is 33.6 Å². The molecule has 0 bridgehead atoms. The first kappa shape index (κ1) is 17.4. The van der Waals surface area contributed by atoms with Crippen LogP contribution in [0.2, 0.25) is 0 Å². The van der Waals surface area contributed by atoms with Gasteiger partial charge in [0.2, 0.25) is 0 Å². The first-order valence-electron chi connectivity index (χ1n) is 7.37. The Morgan fingerprint density at radius 2 is 1.71 bits per heavy atom. The van der Waals surface area contributed by atoms with Crippen LogP contribution in [0.4, 0.5) is 0 Å². The van der Waals surface area contributed by atoms with Crippen molar-refractivity contribution in [3.63, 3.8) is 0 Å². The summed E-state index contributed by atoms with van der Waals surface area (Å²) in [6.07, 6.45) is 0. The van der Waals surface area contributed by atoms with Gasteiger partial charge in [-0.15, -0.1) is 0 Å². The predicted octanol–water partition coefficient (Wildman–Crippen LogP) is 3.31. The van der Waals surface area contributed by atoms with Gasteiger partial charge in [-0.25, -0.2) is 0 Å². The van der Waals surface area contributed by atoms with Crippen molar-refractivity contribution in [3.05, 3.63) is 58.6 Å². The summed E-state index contributed by atoms with van der Waals surface area (Å²) in [6, 6.07) is 13.8. The van der Waals surface area contributed by atoms with Gasteiger partial charge in [-0.2, -0.15) is 8.42 Å². The molecule has 24 heavy (non-hydrogen) atoms. The molecule has 7 heteroatoms. The van der Waals surface area contributed by atoms with E-state index in [1.54, 1.807) is 24.3 Å². The lowest BCUT2D eigenvalue weighted by atomic mass is 10.0. The van der Waals surface area contributed by atoms with Crippen LogP contribution in [-0.4, -0.2) is 33.8 Å². The molecular weight excluding hydrogens is 396 g/mol. The molecule has 0 aliphatic carbocycles. The molecule has 128 valence electrons. The number of rotatable bonds is 6. The highest BCUT2D eigenvalue weighted by Crippen LogP contribution is 2.28. The second-order valence-electron chi connectivity index (χ2n) is 5.76. The first-order chi connectivity index (χ1) is 11.4. The van der Waals surface area contributed by atoms with Gasteiger partial charge in [0.05, 0.1) is 18.1 Å². The van der Waals surface area contributed by atoms with Crippen molar-refractivity contribution in [1.82, 2.24) is 0 Å². The van der Waals surface area contributed by atoms with E-state index in [1.165, 1.54) is 12.1 Å². The largest absolute Gasteiger partial charge is 0.480 e. The number of halogens is 1. The third-order valence-corrected chi connectivity index (χ3v) is 5.47. The normalized spacial score (nSPS) is 16.4. The molecule has 2 aromatic rings. The molecule has 1 heterocycles. The summed E-state index contributed by atoms with van der Waals surface area (Å²) in [5.41, 5.74) is 0.197. The van der Waals surface area contributed by atoms with Crippen LogP contribution < -0.4 is 4.74 Å². The van der Waals surface area contributed by atoms with Gasteiger partial charge >= 0.3 is 0 Å². The van der Waals surface area contributed by atoms with Crippen LogP contribution in [0.5, 0.6) is 5.75 Å². The van der Waals surface area contributed by atoms with Crippen LogP contribution in [0.3, 0.4) is 0 Å². The van der Waals surface area contributed by atoms with Gasteiger partial charge in [-0.05, 0) is 43.3 Å². The quantitative estimate of drug-likeness (QED) is 0.681. The fourth-order valence-corrected chi connectivity index (χ4v) is 3.45. The highest BCUT2D eigenvalue weighted by atomic mass is 79.9. The molecular formula is C17H17BrO5S. The van der Waals surface area contributed by atoms with E-state index < -0.39 is 15.7 Å². The summed E-state index contributed by atoms with van der Waals surface area (Å²) < 4.78 is 41.9. The predicted molar refractivity (Wildman–Crippen MR) is 92.6 cm³/mol. The minimum atomic E-state index is -3.83. The highest BCUT2D eigenvalue weighted by Gasteiger charge is 2.43. The molecule has 0 N–H and O–H groups in total. The first-order valence-corrected chi connectivity index (χ1v) is 9.57. The third kappa shape index (κ3) is 3.97. The Balaban J connectivity index is 1.69. The van der Waals surface area contributed by atoms with Gasteiger partial charge in [0.25, 0.3) is 10.1 Å². The van der Waals surface area contributed by atoms with Gasteiger partial charge in [0.1, 0.15) is 12.4 Å². The molecule has 2 aromatic carbocycles. The van der Waals surface area contributed by atoms with Crippen LogP contribution >= 0.6 is 15.9 Å². The molecule has 0 saturated carbocycles. The van der Waals surface area contributed by atoms with Gasteiger partial charge in [0.15, 0.2) is 5.60 Å². The van der Waals surface area contributed by atoms with E-state index >= 15 is 0 Å². The monoisotopic (exact) mass is 412 g/mol. The maximum absolute atomic E-state index is 12.3. The zero-order chi connectivity index (χ0) is 17.2. The standard InChI is InChI=1S/C17H17BrO5S/c1-13-2-8-16(9-3-13)24(19,20)22-12-17(10-21-11-17)23-15-6-4-14(18)5-7-15/h2-9H,10-12H2,1H3. The Morgan fingerprint density at radius 1 is 1.08 bits per heavy atom. The number of aryl methyl sites for hydroxylation is 1. The van der Waals surface area contributed by atoms with Crippen molar-refractivity contribution >= 4 is 26.0 Å².